The van der Waals surface area contributed by atoms with E-state index in [1.165, 1.54) is 0 Å². The van der Waals surface area contributed by atoms with Crippen molar-refractivity contribution in [2.75, 3.05) is 10.6 Å². The van der Waals surface area contributed by atoms with Crippen molar-refractivity contribution >= 4 is 17.4 Å². The van der Waals surface area contributed by atoms with Crippen molar-refractivity contribution < 1.29 is 4.79 Å². The van der Waals surface area contributed by atoms with E-state index in [0.717, 1.165) is 39.3 Å². The smallest absolute Gasteiger partial charge is 0.308 e. The number of nitrogens with zero attached hydrogens (tertiary/aromatic N) is 2. The predicted octanol–water partition coefficient (Wildman–Crippen LogP) is 5.76. The van der Waals surface area contributed by atoms with Crippen molar-refractivity contribution in [3.05, 3.63) is 97.1 Å². The highest BCUT2D eigenvalue weighted by Gasteiger charge is 2.05. The van der Waals surface area contributed by atoms with Crippen LogP contribution in [0, 0.1) is 6.92 Å². The summed E-state index contributed by atoms with van der Waals surface area (Å²) in [5.41, 5.74) is 6.65. The molecule has 0 aliphatic carbocycles. The molecule has 5 nitrogen and oxygen atoms in total. The van der Waals surface area contributed by atoms with E-state index in [1.54, 1.807) is 18.6 Å². The first kappa shape index (κ1) is 18.4. The molecule has 4 rings (SSSR count). The Labute approximate surface area is 169 Å². The topological polar surface area (TPSA) is 66.9 Å². The molecule has 0 aliphatic rings. The van der Waals surface area contributed by atoms with Crippen LogP contribution in [0.3, 0.4) is 0 Å². The zero-order valence-electron chi connectivity index (χ0n) is 16.0. The Kier molecular flexibility index (Phi) is 5.29. The predicted molar refractivity (Wildman–Crippen MR) is 117 cm³/mol. The maximum absolute atomic E-state index is 12.4. The second-order valence-electron chi connectivity index (χ2n) is 6.66. The van der Waals surface area contributed by atoms with Gasteiger partial charge < -0.3 is 10.6 Å². The molecule has 2 aromatic heterocycles. The van der Waals surface area contributed by atoms with Crippen molar-refractivity contribution in [1.29, 1.82) is 0 Å². The first-order valence-electron chi connectivity index (χ1n) is 9.29. The average Bonchev–Trinajstić information content (AvgIpc) is 2.75. The second-order valence-corrected chi connectivity index (χ2v) is 6.66. The number of benzene rings is 2. The molecule has 2 aromatic carbocycles. The van der Waals surface area contributed by atoms with Gasteiger partial charge in [-0.05, 0) is 77.7 Å². The molecule has 0 radical (unpaired) electrons. The van der Waals surface area contributed by atoms with Crippen LogP contribution >= 0.6 is 0 Å². The number of carbonyl (C=O) groups excluding carboxylic acids is 1. The van der Waals surface area contributed by atoms with Gasteiger partial charge in [-0.15, -0.1) is 0 Å². The maximum atomic E-state index is 12.4. The first-order chi connectivity index (χ1) is 14.2. The van der Waals surface area contributed by atoms with E-state index in [0.29, 0.717) is 0 Å². The number of pyridine rings is 2. The number of hydrogen-bond acceptors (Lipinski definition) is 3. The van der Waals surface area contributed by atoms with E-state index < -0.39 is 0 Å². The largest absolute Gasteiger partial charge is 0.323 e. The fourth-order valence-electron chi connectivity index (χ4n) is 3.09. The lowest BCUT2D eigenvalue weighted by Crippen LogP contribution is -2.19. The van der Waals surface area contributed by atoms with Gasteiger partial charge in [0.05, 0.1) is 0 Å². The van der Waals surface area contributed by atoms with Gasteiger partial charge in [0.2, 0.25) is 0 Å². The summed E-state index contributed by atoms with van der Waals surface area (Å²) >= 11 is 0. The lowest BCUT2D eigenvalue weighted by Gasteiger charge is -2.10. The van der Waals surface area contributed by atoms with Gasteiger partial charge >= 0.3 is 6.03 Å². The van der Waals surface area contributed by atoms with Crippen LogP contribution < -0.4 is 10.6 Å². The van der Waals surface area contributed by atoms with Gasteiger partial charge in [0.15, 0.2) is 0 Å². The van der Waals surface area contributed by atoms with Crippen molar-refractivity contribution in [1.82, 2.24) is 9.97 Å². The van der Waals surface area contributed by atoms with E-state index in [2.05, 4.69) is 20.6 Å². The Bertz CT molecular complexity index is 1120. The van der Waals surface area contributed by atoms with Crippen molar-refractivity contribution in [3.63, 3.8) is 0 Å². The third kappa shape index (κ3) is 4.65. The number of rotatable bonds is 4. The van der Waals surface area contributed by atoms with Crippen LogP contribution in [0.15, 0.2) is 91.4 Å². The van der Waals surface area contributed by atoms with Crippen LogP contribution in [0.2, 0.25) is 0 Å². The van der Waals surface area contributed by atoms with Crippen LogP contribution in [0.5, 0.6) is 0 Å². The molecule has 4 aromatic rings. The number of hydrogen-bond donors (Lipinski definition) is 2. The van der Waals surface area contributed by atoms with Crippen LogP contribution in [0.1, 0.15) is 5.69 Å². The highest BCUT2D eigenvalue weighted by molar-refractivity contribution is 6.00. The van der Waals surface area contributed by atoms with Gasteiger partial charge in [0.1, 0.15) is 0 Å². The van der Waals surface area contributed by atoms with Gasteiger partial charge in [-0.25, -0.2) is 4.79 Å². The Morgan fingerprint density at radius 2 is 1.34 bits per heavy atom. The summed E-state index contributed by atoms with van der Waals surface area (Å²) < 4.78 is 0. The van der Waals surface area contributed by atoms with Crippen LogP contribution in [-0.4, -0.2) is 16.0 Å². The molecular formula is C24H20N4O. The van der Waals surface area contributed by atoms with Crippen molar-refractivity contribution in [2.24, 2.45) is 0 Å². The van der Waals surface area contributed by atoms with Crippen molar-refractivity contribution in [2.45, 2.75) is 6.92 Å². The summed E-state index contributed by atoms with van der Waals surface area (Å²) in [5, 5.41) is 5.75. The SMILES string of the molecule is Cc1cc(-c2ccc(NC(=O)Nc3cccc(-c4ccncc4)c3)cc2)ccn1. The molecule has 2 amide bonds. The fourth-order valence-corrected chi connectivity index (χ4v) is 3.09. The number of urea groups is 1. The van der Waals surface area contributed by atoms with E-state index in [9.17, 15) is 4.79 Å². The number of aryl methyl sites for hydroxylation is 1. The Morgan fingerprint density at radius 3 is 2.10 bits per heavy atom. The number of aromatic nitrogens is 2. The van der Waals surface area contributed by atoms with Gasteiger partial charge in [-0.1, -0.05) is 24.3 Å². The summed E-state index contributed by atoms with van der Waals surface area (Å²) in [6.45, 7) is 1.97. The molecule has 0 spiro atoms. The molecule has 2 N–H and O–H groups in total. The number of nitrogens with one attached hydrogen (secondary N) is 2. The number of amides is 2. The molecule has 0 atom stereocenters. The molecule has 0 saturated heterocycles. The first-order valence-corrected chi connectivity index (χ1v) is 9.29. The minimum atomic E-state index is -0.288. The minimum Gasteiger partial charge on any atom is -0.308 e. The summed E-state index contributed by atoms with van der Waals surface area (Å²) in [6.07, 6.45) is 5.29. The lowest BCUT2D eigenvalue weighted by atomic mass is 10.1. The monoisotopic (exact) mass is 380 g/mol. The van der Waals surface area contributed by atoms with Gasteiger partial charge in [0, 0.05) is 35.7 Å². The molecule has 5 heteroatoms. The minimum absolute atomic E-state index is 0.288. The van der Waals surface area contributed by atoms with Gasteiger partial charge in [-0.3, -0.25) is 9.97 Å². The average molecular weight is 380 g/mol. The zero-order valence-corrected chi connectivity index (χ0v) is 16.0. The molecule has 2 heterocycles. The highest BCUT2D eigenvalue weighted by atomic mass is 16.2. The van der Waals surface area contributed by atoms with Crippen LogP contribution in [-0.2, 0) is 0 Å². The Balaban J connectivity index is 1.42. The van der Waals surface area contributed by atoms with E-state index in [-0.39, 0.29) is 6.03 Å². The number of anilines is 2. The van der Waals surface area contributed by atoms with Gasteiger partial charge in [0.25, 0.3) is 0 Å². The van der Waals surface area contributed by atoms with E-state index in [4.69, 9.17) is 0 Å². The molecule has 142 valence electrons. The van der Waals surface area contributed by atoms with Gasteiger partial charge in [-0.2, -0.15) is 0 Å². The van der Waals surface area contributed by atoms with Crippen molar-refractivity contribution in [3.8, 4) is 22.3 Å². The molecular weight excluding hydrogens is 360 g/mol. The second kappa shape index (κ2) is 8.35. The normalized spacial score (nSPS) is 10.4. The van der Waals surface area contributed by atoms with E-state index in [1.807, 2.05) is 79.7 Å². The molecule has 0 bridgehead atoms. The Morgan fingerprint density at radius 1 is 0.690 bits per heavy atom. The quantitative estimate of drug-likeness (QED) is 0.473. The molecule has 0 unspecified atom stereocenters. The molecule has 0 saturated carbocycles. The molecule has 29 heavy (non-hydrogen) atoms. The van der Waals surface area contributed by atoms with E-state index >= 15 is 0 Å². The molecule has 0 aliphatic heterocycles. The maximum Gasteiger partial charge on any atom is 0.323 e. The zero-order chi connectivity index (χ0) is 20.1. The van der Waals surface area contributed by atoms with Crippen LogP contribution in [0.25, 0.3) is 22.3 Å². The Hall–Kier alpha value is -3.99. The summed E-state index contributed by atoms with van der Waals surface area (Å²) in [7, 11) is 0. The third-order valence-corrected chi connectivity index (χ3v) is 4.51. The summed E-state index contributed by atoms with van der Waals surface area (Å²) in [5.74, 6) is 0. The highest BCUT2D eigenvalue weighted by Crippen LogP contribution is 2.23. The summed E-state index contributed by atoms with van der Waals surface area (Å²) in [4.78, 5) is 20.6. The standard InChI is InChI=1S/C24H20N4O/c1-17-15-21(11-14-26-17)18-5-7-22(8-6-18)27-24(29)28-23-4-2-3-20(16-23)19-9-12-25-13-10-19/h2-16H,1H3,(H2,27,28,29). The number of carbonyl (C=O) groups is 1. The lowest BCUT2D eigenvalue weighted by molar-refractivity contribution is 0.262. The molecule has 0 fully saturated rings. The summed E-state index contributed by atoms with van der Waals surface area (Å²) in [6, 6.07) is 23.0. The third-order valence-electron chi connectivity index (χ3n) is 4.51. The fraction of sp³-hybridized carbons (Fsp3) is 0.0417. The van der Waals surface area contributed by atoms with Crippen LogP contribution in [0.4, 0.5) is 16.2 Å².